The van der Waals surface area contributed by atoms with Gasteiger partial charge in [0, 0.05) is 12.1 Å². The Hall–Kier alpha value is -2.37. The minimum Gasteiger partial charge on any atom is -0.472 e. The number of rotatable bonds is 4. The van der Waals surface area contributed by atoms with Gasteiger partial charge in [0.15, 0.2) is 5.69 Å². The minimum atomic E-state index is -0.501. The van der Waals surface area contributed by atoms with E-state index in [4.69, 9.17) is 4.42 Å². The standard InChI is InChI=1S/C11H11N3O3/c1-16-11(15)9-5-14-10(6-12-9)13-4-8-2-3-17-7-8/h2-3,5-7H,4H2,1H3,(H,13,14). The fourth-order valence-corrected chi connectivity index (χ4v) is 1.22. The van der Waals surface area contributed by atoms with Crippen molar-refractivity contribution in [2.45, 2.75) is 6.54 Å². The number of esters is 1. The maximum absolute atomic E-state index is 11.1. The highest BCUT2D eigenvalue weighted by Gasteiger charge is 2.07. The van der Waals surface area contributed by atoms with Gasteiger partial charge in [0.2, 0.25) is 0 Å². The van der Waals surface area contributed by atoms with E-state index in [0.29, 0.717) is 12.4 Å². The predicted octanol–water partition coefficient (Wildman–Crippen LogP) is 1.47. The fourth-order valence-electron chi connectivity index (χ4n) is 1.22. The molecular weight excluding hydrogens is 222 g/mol. The molecule has 0 saturated heterocycles. The Morgan fingerprint density at radius 3 is 2.94 bits per heavy atom. The average Bonchev–Trinajstić information content (AvgIpc) is 2.89. The molecule has 0 fully saturated rings. The maximum atomic E-state index is 11.1. The Labute approximate surface area is 97.6 Å². The van der Waals surface area contributed by atoms with Crippen LogP contribution < -0.4 is 5.32 Å². The monoisotopic (exact) mass is 233 g/mol. The van der Waals surface area contributed by atoms with Gasteiger partial charge in [-0.05, 0) is 6.07 Å². The molecule has 0 unspecified atom stereocenters. The maximum Gasteiger partial charge on any atom is 0.358 e. The van der Waals surface area contributed by atoms with Crippen LogP contribution in [-0.2, 0) is 11.3 Å². The first-order valence-corrected chi connectivity index (χ1v) is 4.95. The molecule has 0 aliphatic heterocycles. The molecule has 0 amide bonds. The second-order valence-electron chi connectivity index (χ2n) is 3.26. The van der Waals surface area contributed by atoms with E-state index in [1.54, 1.807) is 12.5 Å². The molecule has 88 valence electrons. The third-order valence-electron chi connectivity index (χ3n) is 2.10. The molecule has 0 aliphatic carbocycles. The van der Waals surface area contributed by atoms with Crippen LogP contribution in [0.1, 0.15) is 16.1 Å². The fraction of sp³-hybridized carbons (Fsp3) is 0.182. The van der Waals surface area contributed by atoms with Gasteiger partial charge in [0.1, 0.15) is 5.82 Å². The number of carbonyl (C=O) groups excluding carboxylic acids is 1. The van der Waals surface area contributed by atoms with Crippen molar-refractivity contribution in [3.8, 4) is 0 Å². The third-order valence-corrected chi connectivity index (χ3v) is 2.10. The topological polar surface area (TPSA) is 77.2 Å². The first-order chi connectivity index (χ1) is 8.29. The van der Waals surface area contributed by atoms with E-state index < -0.39 is 5.97 Å². The highest BCUT2D eigenvalue weighted by molar-refractivity contribution is 5.86. The summed E-state index contributed by atoms with van der Waals surface area (Å²) >= 11 is 0. The van der Waals surface area contributed by atoms with Gasteiger partial charge in [-0.15, -0.1) is 0 Å². The molecule has 0 saturated carbocycles. The van der Waals surface area contributed by atoms with Crippen LogP contribution in [0, 0.1) is 0 Å². The van der Waals surface area contributed by atoms with Gasteiger partial charge in [-0.25, -0.2) is 14.8 Å². The molecule has 2 aromatic rings. The number of furan rings is 1. The van der Waals surface area contributed by atoms with Gasteiger partial charge in [-0.1, -0.05) is 0 Å². The highest BCUT2D eigenvalue weighted by atomic mass is 16.5. The molecule has 0 radical (unpaired) electrons. The lowest BCUT2D eigenvalue weighted by Gasteiger charge is -2.03. The van der Waals surface area contributed by atoms with E-state index in [1.165, 1.54) is 19.5 Å². The Kier molecular flexibility index (Phi) is 3.34. The van der Waals surface area contributed by atoms with Gasteiger partial charge in [-0.3, -0.25) is 0 Å². The molecule has 0 atom stereocenters. The molecule has 0 aromatic carbocycles. The number of methoxy groups -OCH3 is 1. The highest BCUT2D eigenvalue weighted by Crippen LogP contribution is 2.06. The molecular formula is C11H11N3O3. The van der Waals surface area contributed by atoms with Crippen molar-refractivity contribution < 1.29 is 13.9 Å². The predicted molar refractivity (Wildman–Crippen MR) is 59.4 cm³/mol. The summed E-state index contributed by atoms with van der Waals surface area (Å²) < 4.78 is 9.45. The van der Waals surface area contributed by atoms with Crippen LogP contribution in [0.2, 0.25) is 0 Å². The number of nitrogens with one attached hydrogen (secondary N) is 1. The van der Waals surface area contributed by atoms with E-state index >= 15 is 0 Å². The van der Waals surface area contributed by atoms with Crippen molar-refractivity contribution >= 4 is 11.8 Å². The van der Waals surface area contributed by atoms with Crippen molar-refractivity contribution in [1.29, 1.82) is 0 Å². The van der Waals surface area contributed by atoms with E-state index in [0.717, 1.165) is 5.56 Å². The molecule has 1 N–H and O–H groups in total. The third kappa shape index (κ3) is 2.81. The van der Waals surface area contributed by atoms with Crippen molar-refractivity contribution in [2.24, 2.45) is 0 Å². The van der Waals surface area contributed by atoms with Crippen LogP contribution in [0.15, 0.2) is 35.4 Å². The first-order valence-electron chi connectivity index (χ1n) is 4.95. The number of ether oxygens (including phenoxy) is 1. The van der Waals surface area contributed by atoms with E-state index in [2.05, 4.69) is 20.0 Å². The van der Waals surface area contributed by atoms with E-state index in [1.807, 2.05) is 6.07 Å². The summed E-state index contributed by atoms with van der Waals surface area (Å²) in [4.78, 5) is 19.1. The summed E-state index contributed by atoms with van der Waals surface area (Å²) in [6.45, 7) is 0.586. The van der Waals surface area contributed by atoms with Crippen molar-refractivity contribution in [3.05, 3.63) is 42.2 Å². The zero-order chi connectivity index (χ0) is 12.1. The van der Waals surface area contributed by atoms with Gasteiger partial charge in [0.05, 0.1) is 32.0 Å². The van der Waals surface area contributed by atoms with Gasteiger partial charge >= 0.3 is 5.97 Å². The molecule has 2 heterocycles. The van der Waals surface area contributed by atoms with Gasteiger partial charge in [0.25, 0.3) is 0 Å². The average molecular weight is 233 g/mol. The summed E-state index contributed by atoms with van der Waals surface area (Å²) in [7, 11) is 1.30. The summed E-state index contributed by atoms with van der Waals surface area (Å²) in [6, 6.07) is 1.85. The lowest BCUT2D eigenvalue weighted by atomic mass is 10.3. The summed E-state index contributed by atoms with van der Waals surface area (Å²) in [5.41, 5.74) is 1.19. The molecule has 17 heavy (non-hydrogen) atoms. The zero-order valence-electron chi connectivity index (χ0n) is 9.21. The number of hydrogen-bond acceptors (Lipinski definition) is 6. The van der Waals surface area contributed by atoms with Crippen LogP contribution in [-0.4, -0.2) is 23.0 Å². The zero-order valence-corrected chi connectivity index (χ0v) is 9.21. The molecule has 0 spiro atoms. The van der Waals surface area contributed by atoms with E-state index in [-0.39, 0.29) is 5.69 Å². The Morgan fingerprint density at radius 2 is 2.35 bits per heavy atom. The number of anilines is 1. The van der Waals surface area contributed by atoms with Gasteiger partial charge < -0.3 is 14.5 Å². The quantitative estimate of drug-likeness (QED) is 0.806. The smallest absolute Gasteiger partial charge is 0.358 e. The molecule has 2 rings (SSSR count). The largest absolute Gasteiger partial charge is 0.472 e. The molecule has 0 aliphatic rings. The number of hydrogen-bond donors (Lipinski definition) is 1. The number of carbonyl (C=O) groups is 1. The number of nitrogens with zero attached hydrogens (tertiary/aromatic N) is 2. The number of aromatic nitrogens is 2. The lowest BCUT2D eigenvalue weighted by molar-refractivity contribution is 0.0593. The van der Waals surface area contributed by atoms with Crippen LogP contribution in [0.3, 0.4) is 0 Å². The Bertz CT molecular complexity index is 479. The summed E-state index contributed by atoms with van der Waals surface area (Å²) in [5, 5.41) is 3.05. The second kappa shape index (κ2) is 5.11. The lowest BCUT2D eigenvalue weighted by Crippen LogP contribution is -2.07. The minimum absolute atomic E-state index is 0.182. The Balaban J connectivity index is 1.96. The van der Waals surface area contributed by atoms with Crippen LogP contribution in [0.4, 0.5) is 5.82 Å². The summed E-state index contributed by atoms with van der Waals surface area (Å²) in [6.07, 6.45) is 6.09. The van der Waals surface area contributed by atoms with Crippen molar-refractivity contribution in [1.82, 2.24) is 9.97 Å². The van der Waals surface area contributed by atoms with Crippen LogP contribution >= 0.6 is 0 Å². The Morgan fingerprint density at radius 1 is 1.47 bits per heavy atom. The SMILES string of the molecule is COC(=O)c1cnc(NCc2ccoc2)cn1. The molecule has 6 heteroatoms. The molecule has 2 aromatic heterocycles. The van der Waals surface area contributed by atoms with Crippen molar-refractivity contribution in [2.75, 3.05) is 12.4 Å². The van der Waals surface area contributed by atoms with Gasteiger partial charge in [-0.2, -0.15) is 0 Å². The second-order valence-corrected chi connectivity index (χ2v) is 3.26. The molecule has 0 bridgehead atoms. The van der Waals surface area contributed by atoms with Crippen LogP contribution in [0.5, 0.6) is 0 Å². The van der Waals surface area contributed by atoms with E-state index in [9.17, 15) is 4.79 Å². The normalized spacial score (nSPS) is 9.94. The molecule has 6 nitrogen and oxygen atoms in total. The first kappa shape index (κ1) is 11.1. The summed E-state index contributed by atoms with van der Waals surface area (Å²) in [5.74, 6) is 0.0812. The van der Waals surface area contributed by atoms with Crippen LogP contribution in [0.25, 0.3) is 0 Å². The van der Waals surface area contributed by atoms with Crippen molar-refractivity contribution in [3.63, 3.8) is 0 Å².